The molecule has 7 heteroatoms. The van der Waals surface area contributed by atoms with Gasteiger partial charge in [0.1, 0.15) is 5.01 Å². The minimum Gasteiger partial charge on any atom is -0.332 e. The first kappa shape index (κ1) is 17.3. The molecule has 0 saturated heterocycles. The maximum absolute atomic E-state index is 6.07. The zero-order valence-corrected chi connectivity index (χ0v) is 16.9. The highest BCUT2D eigenvalue weighted by molar-refractivity contribution is 7.22. The Labute approximate surface area is 174 Å². The van der Waals surface area contributed by atoms with Crippen molar-refractivity contribution in [3.8, 4) is 21.8 Å². The number of rotatable bonds is 4. The van der Waals surface area contributed by atoms with Crippen LogP contribution in [0.4, 0.5) is 10.8 Å². The van der Waals surface area contributed by atoms with E-state index in [0.29, 0.717) is 0 Å². The largest absolute Gasteiger partial charge is 0.332 e. The van der Waals surface area contributed by atoms with Crippen LogP contribution in [-0.2, 0) is 0 Å². The lowest BCUT2D eigenvalue weighted by molar-refractivity contribution is 1.31. The van der Waals surface area contributed by atoms with E-state index in [0.717, 1.165) is 47.9 Å². The van der Waals surface area contributed by atoms with E-state index in [1.54, 1.807) is 28.9 Å². The maximum Gasteiger partial charge on any atom is 0.188 e. The molecule has 2 aromatic carbocycles. The number of hydrogen-bond acceptors (Lipinski definition) is 6. The number of nitrogens with one attached hydrogen (secondary N) is 1. The van der Waals surface area contributed by atoms with Crippen molar-refractivity contribution in [3.63, 3.8) is 0 Å². The molecule has 1 N–H and O–H groups in total. The van der Waals surface area contributed by atoms with Crippen LogP contribution in [0.25, 0.3) is 32.0 Å². The molecule has 3 heterocycles. The summed E-state index contributed by atoms with van der Waals surface area (Å²) in [6, 6.07) is 17.9. The molecule has 28 heavy (non-hydrogen) atoms. The molecule has 4 nitrogen and oxygen atoms in total. The number of halogens is 1. The number of hydrogen-bond donors (Lipinski definition) is 1. The first-order chi connectivity index (χ1) is 13.7. The third-order valence-electron chi connectivity index (χ3n) is 4.17. The molecule has 5 rings (SSSR count). The molecule has 0 fully saturated rings. The van der Waals surface area contributed by atoms with Crippen LogP contribution >= 0.6 is 34.3 Å². The van der Waals surface area contributed by atoms with E-state index in [2.05, 4.69) is 32.8 Å². The molecule has 3 aromatic heterocycles. The second kappa shape index (κ2) is 7.31. The summed E-state index contributed by atoms with van der Waals surface area (Å²) in [7, 11) is 0. The van der Waals surface area contributed by atoms with Gasteiger partial charge in [0.2, 0.25) is 0 Å². The molecule has 0 radical (unpaired) electrons. The van der Waals surface area contributed by atoms with Crippen molar-refractivity contribution in [2.24, 2.45) is 0 Å². The summed E-state index contributed by atoms with van der Waals surface area (Å²) < 4.78 is 1.06. The van der Waals surface area contributed by atoms with Crippen LogP contribution in [0, 0.1) is 0 Å². The van der Waals surface area contributed by atoms with E-state index in [4.69, 9.17) is 16.6 Å². The predicted molar refractivity (Wildman–Crippen MR) is 119 cm³/mol. The van der Waals surface area contributed by atoms with E-state index < -0.39 is 0 Å². The molecule has 0 atom stereocenters. The van der Waals surface area contributed by atoms with E-state index in [9.17, 15) is 0 Å². The number of anilines is 2. The molecule has 5 aromatic rings. The lowest BCUT2D eigenvalue weighted by atomic mass is 10.1. The van der Waals surface area contributed by atoms with Gasteiger partial charge in [0.05, 0.1) is 15.9 Å². The highest BCUT2D eigenvalue weighted by Gasteiger charge is 2.09. The van der Waals surface area contributed by atoms with Crippen LogP contribution in [-0.4, -0.2) is 15.0 Å². The topological polar surface area (TPSA) is 50.7 Å². The molecular formula is C21H13ClN4S2. The molecule has 0 unspecified atom stereocenters. The fourth-order valence-corrected chi connectivity index (χ4v) is 4.84. The van der Waals surface area contributed by atoms with Gasteiger partial charge in [-0.3, -0.25) is 4.98 Å². The van der Waals surface area contributed by atoms with Gasteiger partial charge in [-0.2, -0.15) is 0 Å². The van der Waals surface area contributed by atoms with E-state index in [1.807, 2.05) is 48.7 Å². The quantitative estimate of drug-likeness (QED) is 0.344. The second-order valence-corrected chi connectivity index (χ2v) is 8.44. The molecule has 0 aliphatic rings. The Morgan fingerprint density at radius 3 is 2.75 bits per heavy atom. The Balaban J connectivity index is 1.42. The van der Waals surface area contributed by atoms with Gasteiger partial charge in [0.25, 0.3) is 0 Å². The monoisotopic (exact) mass is 420 g/mol. The van der Waals surface area contributed by atoms with Crippen molar-refractivity contribution in [3.05, 3.63) is 77.4 Å². The third-order valence-corrected chi connectivity index (χ3v) is 6.23. The fraction of sp³-hybridized carbons (Fsp3) is 0. The van der Waals surface area contributed by atoms with Crippen molar-refractivity contribution in [1.29, 1.82) is 0 Å². The number of pyridine rings is 1. The number of benzene rings is 2. The number of fused-ring (bicyclic) bond motifs is 1. The summed E-state index contributed by atoms with van der Waals surface area (Å²) in [6.07, 6.45) is 3.60. The zero-order valence-electron chi connectivity index (χ0n) is 14.5. The summed E-state index contributed by atoms with van der Waals surface area (Å²) in [5.74, 6) is 0. The average molecular weight is 421 g/mol. The Bertz CT molecular complexity index is 1260. The van der Waals surface area contributed by atoms with Gasteiger partial charge < -0.3 is 5.32 Å². The molecular weight excluding hydrogens is 408 g/mol. The third kappa shape index (κ3) is 3.49. The fourth-order valence-electron chi connectivity index (χ4n) is 2.86. The molecule has 0 spiro atoms. The summed E-state index contributed by atoms with van der Waals surface area (Å²) in [5, 5.41) is 7.98. The van der Waals surface area contributed by atoms with E-state index >= 15 is 0 Å². The van der Waals surface area contributed by atoms with Gasteiger partial charge in [-0.25, -0.2) is 9.97 Å². The standard InChI is InChI=1S/C21H13ClN4S2/c22-15-6-7-17-19(10-15)28-21(26-17)24-16-5-1-3-13(9-16)18-12-27-20(25-18)14-4-2-8-23-11-14/h1-12H,(H,24,26). The summed E-state index contributed by atoms with van der Waals surface area (Å²) in [5.41, 5.74) is 4.94. The smallest absolute Gasteiger partial charge is 0.188 e. The van der Waals surface area contributed by atoms with Gasteiger partial charge in [-0.1, -0.05) is 35.1 Å². The van der Waals surface area contributed by atoms with Gasteiger partial charge in [-0.15, -0.1) is 11.3 Å². The SMILES string of the molecule is Clc1ccc2nc(Nc3cccc(-c4csc(-c5cccnc5)n4)c3)sc2c1. The van der Waals surface area contributed by atoms with Crippen LogP contribution in [0.2, 0.25) is 5.02 Å². The van der Waals surface area contributed by atoms with Gasteiger partial charge in [0.15, 0.2) is 5.13 Å². The number of aromatic nitrogens is 3. The summed E-state index contributed by atoms with van der Waals surface area (Å²) in [4.78, 5) is 13.6. The van der Waals surface area contributed by atoms with Crippen LogP contribution in [0.3, 0.4) is 0 Å². The average Bonchev–Trinajstić information content (AvgIpc) is 3.35. The van der Waals surface area contributed by atoms with Crippen LogP contribution in [0.15, 0.2) is 72.4 Å². The molecule has 0 bridgehead atoms. The van der Waals surface area contributed by atoms with Gasteiger partial charge >= 0.3 is 0 Å². The lowest BCUT2D eigenvalue weighted by Crippen LogP contribution is -1.89. The van der Waals surface area contributed by atoms with Crippen molar-refractivity contribution in [2.45, 2.75) is 0 Å². The maximum atomic E-state index is 6.07. The molecule has 0 aliphatic heterocycles. The highest BCUT2D eigenvalue weighted by atomic mass is 35.5. The molecule has 136 valence electrons. The Hall–Kier alpha value is -2.80. The highest BCUT2D eigenvalue weighted by Crippen LogP contribution is 2.33. The minimum atomic E-state index is 0.720. The molecule has 0 amide bonds. The van der Waals surface area contributed by atoms with Crippen molar-refractivity contribution in [1.82, 2.24) is 15.0 Å². The molecule has 0 saturated carbocycles. The normalized spacial score (nSPS) is 11.0. The summed E-state index contributed by atoms with van der Waals surface area (Å²) >= 11 is 9.27. The Morgan fingerprint density at radius 2 is 1.86 bits per heavy atom. The predicted octanol–water partition coefficient (Wildman–Crippen LogP) is 6.88. The second-order valence-electron chi connectivity index (χ2n) is 6.12. The van der Waals surface area contributed by atoms with Gasteiger partial charge in [-0.05, 0) is 42.5 Å². The zero-order chi connectivity index (χ0) is 18.9. The van der Waals surface area contributed by atoms with Crippen molar-refractivity contribution in [2.75, 3.05) is 5.32 Å². The number of nitrogens with zero attached hydrogens (tertiary/aromatic N) is 3. The summed E-state index contributed by atoms with van der Waals surface area (Å²) in [6.45, 7) is 0. The van der Waals surface area contributed by atoms with Crippen molar-refractivity contribution >= 4 is 55.3 Å². The Morgan fingerprint density at radius 1 is 0.929 bits per heavy atom. The first-order valence-electron chi connectivity index (χ1n) is 8.54. The van der Waals surface area contributed by atoms with Crippen molar-refractivity contribution < 1.29 is 0 Å². The van der Waals surface area contributed by atoms with E-state index in [-0.39, 0.29) is 0 Å². The van der Waals surface area contributed by atoms with Crippen LogP contribution in [0.5, 0.6) is 0 Å². The van der Waals surface area contributed by atoms with Gasteiger partial charge in [0, 0.05) is 39.6 Å². The Kier molecular flexibility index (Phi) is 4.52. The molecule has 0 aliphatic carbocycles. The van der Waals surface area contributed by atoms with E-state index in [1.165, 1.54) is 0 Å². The minimum absolute atomic E-state index is 0.720. The lowest BCUT2D eigenvalue weighted by Gasteiger charge is -2.04. The number of thiazole rings is 2. The van der Waals surface area contributed by atoms with Crippen LogP contribution < -0.4 is 5.32 Å². The first-order valence-corrected chi connectivity index (χ1v) is 10.6. The van der Waals surface area contributed by atoms with Crippen LogP contribution in [0.1, 0.15) is 0 Å².